The van der Waals surface area contributed by atoms with Crippen LogP contribution in [0.1, 0.15) is 25.7 Å². The van der Waals surface area contributed by atoms with E-state index in [0.29, 0.717) is 11.9 Å². The van der Waals surface area contributed by atoms with Gasteiger partial charge in [0.1, 0.15) is 5.82 Å². The summed E-state index contributed by atoms with van der Waals surface area (Å²) in [6, 6.07) is 4.55. The number of fused-ring (bicyclic) bond motifs is 1. The molecule has 3 aromatic heterocycles. The van der Waals surface area contributed by atoms with Crippen LogP contribution in [-0.4, -0.2) is 62.9 Å². The van der Waals surface area contributed by atoms with Crippen LogP contribution in [0.25, 0.3) is 22.0 Å². The Labute approximate surface area is 181 Å². The van der Waals surface area contributed by atoms with Gasteiger partial charge in [-0.2, -0.15) is 5.10 Å². The van der Waals surface area contributed by atoms with Gasteiger partial charge in [-0.15, -0.1) is 0 Å². The predicted octanol–water partition coefficient (Wildman–Crippen LogP) is 2.86. The van der Waals surface area contributed by atoms with Gasteiger partial charge < -0.3 is 10.1 Å². The Balaban J connectivity index is 1.24. The van der Waals surface area contributed by atoms with Gasteiger partial charge in [0, 0.05) is 61.0 Å². The van der Waals surface area contributed by atoms with Crippen molar-refractivity contribution in [3.8, 4) is 11.1 Å². The fraction of sp³-hybridized carbons (Fsp3) is 0.478. The number of aromatic nitrogens is 4. The molecule has 1 saturated carbocycles. The van der Waals surface area contributed by atoms with Crippen LogP contribution in [0.2, 0.25) is 0 Å². The van der Waals surface area contributed by atoms with Crippen LogP contribution in [0, 0.1) is 5.92 Å². The van der Waals surface area contributed by atoms with Crippen molar-refractivity contribution in [1.29, 1.82) is 0 Å². The van der Waals surface area contributed by atoms with E-state index in [1.165, 1.54) is 0 Å². The maximum Gasteiger partial charge on any atom is 0.228 e. The van der Waals surface area contributed by atoms with Gasteiger partial charge in [-0.3, -0.25) is 19.4 Å². The van der Waals surface area contributed by atoms with Gasteiger partial charge >= 0.3 is 0 Å². The molecule has 4 heterocycles. The molecule has 0 radical (unpaired) electrons. The maximum absolute atomic E-state index is 12.9. The van der Waals surface area contributed by atoms with Crippen LogP contribution < -0.4 is 5.32 Å². The first-order chi connectivity index (χ1) is 15.2. The number of carbonyl (C=O) groups is 1. The summed E-state index contributed by atoms with van der Waals surface area (Å²) < 4.78 is 7.23. The van der Waals surface area contributed by atoms with E-state index in [-0.39, 0.29) is 11.8 Å². The summed E-state index contributed by atoms with van der Waals surface area (Å²) in [5, 5.41) is 8.21. The van der Waals surface area contributed by atoms with Gasteiger partial charge in [-0.25, -0.2) is 4.98 Å². The number of pyridine rings is 2. The second kappa shape index (κ2) is 8.72. The Morgan fingerprint density at radius 1 is 1.03 bits per heavy atom. The summed E-state index contributed by atoms with van der Waals surface area (Å²) in [4.78, 5) is 24.3. The molecule has 5 rings (SSSR count). The van der Waals surface area contributed by atoms with Gasteiger partial charge in [0.2, 0.25) is 5.91 Å². The highest BCUT2D eigenvalue weighted by Gasteiger charge is 2.30. The number of nitrogens with zero attached hydrogens (tertiary/aromatic N) is 5. The number of rotatable bonds is 4. The van der Waals surface area contributed by atoms with Crippen molar-refractivity contribution in [3.63, 3.8) is 0 Å². The maximum atomic E-state index is 12.9. The third-order valence-corrected chi connectivity index (χ3v) is 6.49. The van der Waals surface area contributed by atoms with Crippen molar-refractivity contribution in [2.75, 3.05) is 31.6 Å². The fourth-order valence-electron chi connectivity index (χ4n) is 4.70. The molecule has 0 spiro atoms. The zero-order valence-electron chi connectivity index (χ0n) is 17.8. The number of amides is 1. The van der Waals surface area contributed by atoms with E-state index in [1.54, 1.807) is 10.9 Å². The minimum absolute atomic E-state index is 0.0506. The molecule has 1 N–H and O–H groups in total. The lowest BCUT2D eigenvalue weighted by atomic mass is 9.84. The van der Waals surface area contributed by atoms with Gasteiger partial charge in [0.15, 0.2) is 0 Å². The summed E-state index contributed by atoms with van der Waals surface area (Å²) in [5.41, 5.74) is 2.80. The monoisotopic (exact) mass is 420 g/mol. The van der Waals surface area contributed by atoms with Crippen molar-refractivity contribution in [3.05, 3.63) is 36.9 Å². The smallest absolute Gasteiger partial charge is 0.228 e. The zero-order valence-corrected chi connectivity index (χ0v) is 17.8. The Bertz CT molecular complexity index is 1070. The van der Waals surface area contributed by atoms with Gasteiger partial charge in [-0.05, 0) is 37.8 Å². The normalized spacial score (nSPS) is 22.5. The average Bonchev–Trinajstić information content (AvgIpc) is 3.25. The molecule has 0 unspecified atom stereocenters. The summed E-state index contributed by atoms with van der Waals surface area (Å²) in [6.07, 6.45) is 11.3. The molecule has 8 heteroatoms. The molecular weight excluding hydrogens is 392 g/mol. The number of anilines is 1. The van der Waals surface area contributed by atoms with Crippen LogP contribution >= 0.6 is 0 Å². The predicted molar refractivity (Wildman–Crippen MR) is 119 cm³/mol. The van der Waals surface area contributed by atoms with Gasteiger partial charge in [0.05, 0.1) is 31.1 Å². The van der Waals surface area contributed by atoms with Crippen LogP contribution in [0.5, 0.6) is 0 Å². The number of morpholine rings is 1. The van der Waals surface area contributed by atoms with E-state index in [0.717, 1.165) is 74.0 Å². The van der Waals surface area contributed by atoms with E-state index in [4.69, 9.17) is 4.74 Å². The highest BCUT2D eigenvalue weighted by Crippen LogP contribution is 2.29. The van der Waals surface area contributed by atoms with Crippen molar-refractivity contribution in [2.24, 2.45) is 13.0 Å². The molecule has 8 nitrogen and oxygen atoms in total. The fourth-order valence-corrected chi connectivity index (χ4v) is 4.70. The van der Waals surface area contributed by atoms with E-state index in [9.17, 15) is 4.79 Å². The molecule has 1 aliphatic heterocycles. The summed E-state index contributed by atoms with van der Waals surface area (Å²) >= 11 is 0. The Hall–Kier alpha value is -2.84. The largest absolute Gasteiger partial charge is 0.379 e. The Morgan fingerprint density at radius 2 is 1.84 bits per heavy atom. The zero-order chi connectivity index (χ0) is 21.2. The molecular formula is C23H28N6O2. The lowest BCUT2D eigenvalue weighted by Gasteiger charge is -2.38. The second-order valence-corrected chi connectivity index (χ2v) is 8.53. The SMILES string of the molecule is Cn1cc(-c2cnc3cnc(NC(=O)[C@H]4CC[C@H](N5CCOCC5)CC4)cc3c2)cn1. The first-order valence-electron chi connectivity index (χ1n) is 11.0. The van der Waals surface area contributed by atoms with Crippen molar-refractivity contribution >= 4 is 22.6 Å². The summed E-state index contributed by atoms with van der Waals surface area (Å²) in [6.45, 7) is 3.67. The molecule has 3 aromatic rings. The van der Waals surface area contributed by atoms with Crippen LogP contribution in [0.3, 0.4) is 0 Å². The van der Waals surface area contributed by atoms with E-state index >= 15 is 0 Å². The number of hydrogen-bond donors (Lipinski definition) is 1. The topological polar surface area (TPSA) is 85.2 Å². The second-order valence-electron chi connectivity index (χ2n) is 8.53. The van der Waals surface area contributed by atoms with Gasteiger partial charge in [-0.1, -0.05) is 0 Å². The third-order valence-electron chi connectivity index (χ3n) is 6.49. The van der Waals surface area contributed by atoms with Crippen LogP contribution in [-0.2, 0) is 16.6 Å². The molecule has 0 atom stereocenters. The standard InChI is InChI=1S/C23H28N6O2/c1-28-15-19(13-26-28)18-10-17-11-22(25-14-21(17)24-12-18)27-23(30)16-2-4-20(5-3-16)29-6-8-31-9-7-29/h10-16,20H,2-9H2,1H3,(H,25,27,30)/t16-,20-. The van der Waals surface area contributed by atoms with E-state index in [2.05, 4.69) is 31.3 Å². The molecule has 2 aliphatic rings. The lowest BCUT2D eigenvalue weighted by molar-refractivity contribution is -0.121. The highest BCUT2D eigenvalue weighted by molar-refractivity contribution is 5.94. The number of aryl methyl sites for hydroxylation is 1. The quantitative estimate of drug-likeness (QED) is 0.699. The molecule has 2 fully saturated rings. The van der Waals surface area contributed by atoms with Crippen molar-refractivity contribution in [1.82, 2.24) is 24.6 Å². The van der Waals surface area contributed by atoms with Crippen LogP contribution in [0.4, 0.5) is 5.82 Å². The third kappa shape index (κ3) is 4.45. The van der Waals surface area contributed by atoms with Gasteiger partial charge in [0.25, 0.3) is 0 Å². The molecule has 1 aliphatic carbocycles. The number of carbonyl (C=O) groups excluding carboxylic acids is 1. The summed E-state index contributed by atoms with van der Waals surface area (Å²) in [7, 11) is 1.89. The number of hydrogen-bond acceptors (Lipinski definition) is 6. The lowest BCUT2D eigenvalue weighted by Crippen LogP contribution is -2.45. The molecule has 0 aromatic carbocycles. The molecule has 31 heavy (non-hydrogen) atoms. The average molecular weight is 421 g/mol. The van der Waals surface area contributed by atoms with Crippen molar-refractivity contribution < 1.29 is 9.53 Å². The number of nitrogens with one attached hydrogen (secondary N) is 1. The van der Waals surface area contributed by atoms with E-state index in [1.807, 2.05) is 31.7 Å². The highest BCUT2D eigenvalue weighted by atomic mass is 16.5. The number of ether oxygens (including phenoxy) is 1. The van der Waals surface area contributed by atoms with E-state index < -0.39 is 0 Å². The first-order valence-corrected chi connectivity index (χ1v) is 11.0. The molecule has 1 amide bonds. The van der Waals surface area contributed by atoms with Crippen molar-refractivity contribution in [2.45, 2.75) is 31.7 Å². The Kier molecular flexibility index (Phi) is 5.65. The molecule has 162 valence electrons. The minimum atomic E-state index is 0.0506. The molecule has 1 saturated heterocycles. The minimum Gasteiger partial charge on any atom is -0.379 e. The molecule has 0 bridgehead atoms. The Morgan fingerprint density at radius 3 is 2.58 bits per heavy atom. The first kappa shape index (κ1) is 20.1. The van der Waals surface area contributed by atoms with Crippen LogP contribution in [0.15, 0.2) is 36.9 Å². The summed E-state index contributed by atoms with van der Waals surface area (Å²) in [5.74, 6) is 0.705.